The fourth-order valence-electron chi connectivity index (χ4n) is 3.89. The third-order valence-corrected chi connectivity index (χ3v) is 11.1. The summed E-state index contributed by atoms with van der Waals surface area (Å²) in [5.41, 5.74) is 11.8. The molecular formula is C29H33NO2Si. The van der Waals surface area contributed by atoms with E-state index < -0.39 is 8.32 Å². The van der Waals surface area contributed by atoms with E-state index in [1.54, 1.807) is 7.11 Å². The van der Waals surface area contributed by atoms with Gasteiger partial charge >= 0.3 is 0 Å². The molecule has 0 amide bonds. The summed E-state index contributed by atoms with van der Waals surface area (Å²) in [6.07, 6.45) is 0. The fourth-order valence-corrected chi connectivity index (χ4v) is 4.91. The number of hydrogen-bond donors (Lipinski definition) is 1. The molecule has 0 radical (unpaired) electrons. The van der Waals surface area contributed by atoms with Crippen LogP contribution in [-0.2, 0) is 0 Å². The van der Waals surface area contributed by atoms with Gasteiger partial charge in [0, 0.05) is 27.6 Å². The second-order valence-corrected chi connectivity index (χ2v) is 14.7. The van der Waals surface area contributed by atoms with Gasteiger partial charge in [0.1, 0.15) is 11.5 Å². The summed E-state index contributed by atoms with van der Waals surface area (Å²) in [5, 5.41) is 2.12. The van der Waals surface area contributed by atoms with Crippen molar-refractivity contribution in [3.63, 3.8) is 0 Å². The first-order valence-electron chi connectivity index (χ1n) is 11.4. The molecule has 170 valence electrons. The van der Waals surface area contributed by atoms with Crippen LogP contribution in [0.5, 0.6) is 11.5 Å². The maximum atomic E-state index is 7.09. The molecule has 0 aliphatic heterocycles. The molecule has 2 N–H and O–H groups in total. The number of nitrogens with two attached hydrogens (primary N) is 1. The first-order chi connectivity index (χ1) is 15.6. The highest BCUT2D eigenvalue weighted by atomic mass is 28.4. The Morgan fingerprint density at radius 2 is 1.24 bits per heavy atom. The molecule has 0 bridgehead atoms. The fraction of sp³-hybridized carbons (Fsp3) is 0.241. The van der Waals surface area contributed by atoms with Gasteiger partial charge in [0.25, 0.3) is 8.32 Å². The van der Waals surface area contributed by atoms with E-state index in [-0.39, 0.29) is 5.04 Å². The Morgan fingerprint density at radius 3 is 1.82 bits per heavy atom. The molecule has 0 saturated carbocycles. The van der Waals surface area contributed by atoms with Gasteiger partial charge in [-0.1, -0.05) is 87.5 Å². The molecule has 33 heavy (non-hydrogen) atoms. The number of benzene rings is 4. The van der Waals surface area contributed by atoms with Crippen LogP contribution in [0.15, 0.2) is 78.9 Å². The van der Waals surface area contributed by atoms with Gasteiger partial charge in [-0.25, -0.2) is 0 Å². The Balaban J connectivity index is 2.13. The normalized spacial score (nSPS) is 12.1. The minimum absolute atomic E-state index is 0.0593. The highest BCUT2D eigenvalue weighted by Crippen LogP contribution is 2.51. The average Bonchev–Trinajstić information content (AvgIpc) is 2.80. The number of anilines is 1. The monoisotopic (exact) mass is 455 g/mol. The highest BCUT2D eigenvalue weighted by molar-refractivity contribution is 6.75. The zero-order valence-electron chi connectivity index (χ0n) is 20.4. The summed E-state index contributed by atoms with van der Waals surface area (Å²) >= 11 is 0. The van der Waals surface area contributed by atoms with Crippen LogP contribution in [0.4, 0.5) is 5.69 Å². The van der Waals surface area contributed by atoms with E-state index in [0.717, 1.165) is 50.2 Å². The van der Waals surface area contributed by atoms with Gasteiger partial charge in [-0.3, -0.25) is 0 Å². The number of rotatable bonds is 5. The van der Waals surface area contributed by atoms with Crippen molar-refractivity contribution < 1.29 is 9.16 Å². The first-order valence-corrected chi connectivity index (χ1v) is 14.3. The molecular weight excluding hydrogens is 422 g/mol. The van der Waals surface area contributed by atoms with Crippen molar-refractivity contribution >= 4 is 24.8 Å². The van der Waals surface area contributed by atoms with Crippen LogP contribution in [0.1, 0.15) is 20.8 Å². The van der Waals surface area contributed by atoms with Crippen LogP contribution < -0.4 is 14.9 Å². The molecule has 0 aromatic heterocycles. The number of methoxy groups -OCH3 is 1. The van der Waals surface area contributed by atoms with E-state index in [0.29, 0.717) is 0 Å². The quantitative estimate of drug-likeness (QED) is 0.244. The summed E-state index contributed by atoms with van der Waals surface area (Å²) in [6.45, 7) is 11.4. The smallest absolute Gasteiger partial charge is 0.250 e. The largest absolute Gasteiger partial charge is 0.543 e. The van der Waals surface area contributed by atoms with Crippen molar-refractivity contribution in [1.29, 1.82) is 0 Å². The predicted octanol–water partition coefficient (Wildman–Crippen LogP) is 8.15. The topological polar surface area (TPSA) is 44.5 Å². The van der Waals surface area contributed by atoms with Crippen molar-refractivity contribution in [1.82, 2.24) is 0 Å². The Hall–Kier alpha value is -3.24. The molecule has 0 aliphatic carbocycles. The molecule has 0 fully saturated rings. The van der Waals surface area contributed by atoms with E-state index in [4.69, 9.17) is 14.9 Å². The zero-order chi connectivity index (χ0) is 23.8. The molecule has 0 spiro atoms. The number of ether oxygens (including phenoxy) is 1. The molecule has 0 atom stereocenters. The van der Waals surface area contributed by atoms with Crippen LogP contribution in [-0.4, -0.2) is 15.4 Å². The Bertz CT molecular complexity index is 1270. The standard InChI is InChI=1S/C29H33NO2Si/c1-29(2,3)33(5,6)32-28-24-15-11-10-14-23(24)27(30)25(21-16-18-22(31-4)19-17-21)26(28)20-12-8-7-9-13-20/h7-19H,30H2,1-6H3. The summed E-state index contributed by atoms with van der Waals surface area (Å²) in [5.74, 6) is 1.74. The van der Waals surface area contributed by atoms with Crippen LogP contribution in [0, 0.1) is 0 Å². The molecule has 0 unspecified atom stereocenters. The van der Waals surface area contributed by atoms with Crippen LogP contribution >= 0.6 is 0 Å². The third kappa shape index (κ3) is 4.23. The number of hydrogen-bond acceptors (Lipinski definition) is 3. The third-order valence-electron chi connectivity index (χ3n) is 6.81. The summed E-state index contributed by atoms with van der Waals surface area (Å²) in [4.78, 5) is 0. The van der Waals surface area contributed by atoms with Crippen molar-refractivity contribution in [2.75, 3.05) is 12.8 Å². The van der Waals surface area contributed by atoms with E-state index in [2.05, 4.69) is 88.5 Å². The molecule has 0 heterocycles. The lowest BCUT2D eigenvalue weighted by Gasteiger charge is -2.38. The maximum Gasteiger partial charge on any atom is 0.250 e. The molecule has 0 saturated heterocycles. The van der Waals surface area contributed by atoms with E-state index in [9.17, 15) is 0 Å². The average molecular weight is 456 g/mol. The van der Waals surface area contributed by atoms with Crippen LogP contribution in [0.25, 0.3) is 33.0 Å². The number of nitrogen functional groups attached to an aromatic ring is 1. The van der Waals surface area contributed by atoms with E-state index >= 15 is 0 Å². The van der Waals surface area contributed by atoms with E-state index in [1.807, 2.05) is 24.3 Å². The minimum atomic E-state index is -2.14. The molecule has 4 aromatic rings. The Morgan fingerprint density at radius 1 is 0.697 bits per heavy atom. The van der Waals surface area contributed by atoms with Gasteiger partial charge in [0.15, 0.2) is 0 Å². The highest BCUT2D eigenvalue weighted by Gasteiger charge is 2.40. The SMILES string of the molecule is COc1ccc(-c2c(-c3ccccc3)c(O[Si](C)(C)C(C)(C)C)c3ccccc3c2N)cc1. The van der Waals surface area contributed by atoms with Crippen molar-refractivity contribution in [2.24, 2.45) is 0 Å². The van der Waals surface area contributed by atoms with Crippen molar-refractivity contribution in [2.45, 2.75) is 38.9 Å². The first kappa shape index (κ1) is 22.9. The van der Waals surface area contributed by atoms with Gasteiger partial charge in [0.2, 0.25) is 0 Å². The van der Waals surface area contributed by atoms with Gasteiger partial charge < -0.3 is 14.9 Å². The molecule has 4 aromatic carbocycles. The lowest BCUT2D eigenvalue weighted by atomic mass is 9.88. The van der Waals surface area contributed by atoms with E-state index in [1.165, 1.54) is 0 Å². The second-order valence-electron chi connectivity index (χ2n) is 10.00. The second kappa shape index (κ2) is 8.60. The minimum Gasteiger partial charge on any atom is -0.543 e. The zero-order valence-corrected chi connectivity index (χ0v) is 21.4. The predicted molar refractivity (Wildman–Crippen MR) is 144 cm³/mol. The van der Waals surface area contributed by atoms with Crippen molar-refractivity contribution in [3.05, 3.63) is 78.9 Å². The van der Waals surface area contributed by atoms with Gasteiger partial charge in [0.05, 0.1) is 7.11 Å². The van der Waals surface area contributed by atoms with Crippen LogP contribution in [0.2, 0.25) is 18.1 Å². The van der Waals surface area contributed by atoms with Gasteiger partial charge in [-0.2, -0.15) is 0 Å². The molecule has 4 rings (SSSR count). The number of fused-ring (bicyclic) bond motifs is 1. The van der Waals surface area contributed by atoms with Crippen molar-refractivity contribution in [3.8, 4) is 33.8 Å². The molecule has 4 heteroatoms. The molecule has 0 aliphatic rings. The molecule has 3 nitrogen and oxygen atoms in total. The Kier molecular flexibility index (Phi) is 5.98. The maximum absolute atomic E-state index is 7.09. The summed E-state index contributed by atoms with van der Waals surface area (Å²) in [7, 11) is -0.464. The van der Waals surface area contributed by atoms with Gasteiger partial charge in [-0.05, 0) is 41.4 Å². The Labute approximate surface area is 198 Å². The van der Waals surface area contributed by atoms with Crippen LogP contribution in [0.3, 0.4) is 0 Å². The summed E-state index contributed by atoms with van der Waals surface area (Å²) < 4.78 is 12.5. The lowest BCUT2D eigenvalue weighted by molar-refractivity contribution is 0.415. The lowest BCUT2D eigenvalue weighted by Crippen LogP contribution is -2.44. The van der Waals surface area contributed by atoms with Gasteiger partial charge in [-0.15, -0.1) is 0 Å². The summed E-state index contributed by atoms with van der Waals surface area (Å²) in [6, 6.07) is 26.8.